The summed E-state index contributed by atoms with van der Waals surface area (Å²) in [6.45, 7) is 1.99. The Labute approximate surface area is 98.8 Å². The van der Waals surface area contributed by atoms with Gasteiger partial charge in [0, 0.05) is 12.6 Å². The molecule has 0 aliphatic rings. The molecule has 0 saturated carbocycles. The maximum Gasteiger partial charge on any atom is 0.311 e. The van der Waals surface area contributed by atoms with E-state index in [0.29, 0.717) is 12.0 Å². The summed E-state index contributed by atoms with van der Waals surface area (Å²) in [6.07, 6.45) is -0.218. The molecule has 1 unspecified atom stereocenters. The number of nitro benzene ring substituents is 1. The highest BCUT2D eigenvalue weighted by Gasteiger charge is 2.18. The number of benzene rings is 1. The fourth-order valence-electron chi connectivity index (χ4n) is 1.29. The monoisotopic (exact) mass is 235 g/mol. The van der Waals surface area contributed by atoms with Crippen LogP contribution in [-0.4, -0.2) is 11.0 Å². The van der Waals surface area contributed by atoms with E-state index < -0.39 is 11.0 Å². The minimum absolute atomic E-state index is 0.0978. The molecule has 6 nitrogen and oxygen atoms in total. The number of ether oxygens (including phenoxy) is 1. The van der Waals surface area contributed by atoms with E-state index in [0.717, 1.165) is 0 Å². The fourth-order valence-corrected chi connectivity index (χ4v) is 1.29. The Morgan fingerprint density at radius 2 is 2.35 bits per heavy atom. The van der Waals surface area contributed by atoms with Crippen molar-refractivity contribution in [2.24, 2.45) is 5.73 Å². The second-order valence-corrected chi connectivity index (χ2v) is 3.41. The van der Waals surface area contributed by atoms with Crippen molar-refractivity contribution in [1.82, 2.24) is 0 Å². The summed E-state index contributed by atoms with van der Waals surface area (Å²) in [4.78, 5) is 10.3. The van der Waals surface area contributed by atoms with Crippen molar-refractivity contribution in [3.8, 4) is 11.8 Å². The highest BCUT2D eigenvalue weighted by atomic mass is 16.6. The number of nitrogens with zero attached hydrogens (tertiary/aromatic N) is 2. The van der Waals surface area contributed by atoms with Crippen molar-refractivity contribution in [2.75, 3.05) is 0 Å². The zero-order valence-electron chi connectivity index (χ0n) is 9.42. The number of rotatable bonds is 5. The first-order valence-electron chi connectivity index (χ1n) is 5.16. The Hall–Kier alpha value is -2.13. The molecule has 1 aromatic carbocycles. The Bertz CT molecular complexity index is 454. The van der Waals surface area contributed by atoms with Crippen LogP contribution in [0.4, 0.5) is 5.69 Å². The molecule has 1 atom stereocenters. The number of hydrogen-bond acceptors (Lipinski definition) is 5. The topological polar surface area (TPSA) is 102 Å². The summed E-state index contributed by atoms with van der Waals surface area (Å²) >= 11 is 0. The smallest absolute Gasteiger partial charge is 0.311 e. The van der Waals surface area contributed by atoms with Gasteiger partial charge in [0.05, 0.1) is 4.92 Å². The molecule has 0 fully saturated rings. The van der Waals surface area contributed by atoms with Gasteiger partial charge in [-0.3, -0.25) is 10.1 Å². The molecular formula is C11H13N3O3. The van der Waals surface area contributed by atoms with Gasteiger partial charge in [0.15, 0.2) is 11.9 Å². The summed E-state index contributed by atoms with van der Waals surface area (Å²) in [6, 6.07) is 6.40. The van der Waals surface area contributed by atoms with Crippen LogP contribution in [0.2, 0.25) is 0 Å². The molecule has 0 bridgehead atoms. The summed E-state index contributed by atoms with van der Waals surface area (Å²) in [7, 11) is 0. The zero-order chi connectivity index (χ0) is 12.8. The van der Waals surface area contributed by atoms with E-state index in [1.165, 1.54) is 12.1 Å². The highest BCUT2D eigenvalue weighted by molar-refractivity contribution is 5.49. The number of nitrogens with two attached hydrogens (primary N) is 1. The molecular weight excluding hydrogens is 222 g/mol. The number of nitriles is 1. The van der Waals surface area contributed by atoms with Crippen molar-refractivity contribution in [3.05, 3.63) is 33.9 Å². The van der Waals surface area contributed by atoms with Crippen LogP contribution in [0.15, 0.2) is 18.2 Å². The van der Waals surface area contributed by atoms with Crippen LogP contribution in [-0.2, 0) is 6.54 Å². The van der Waals surface area contributed by atoms with E-state index in [-0.39, 0.29) is 18.0 Å². The molecule has 1 aromatic rings. The van der Waals surface area contributed by atoms with Gasteiger partial charge in [0.1, 0.15) is 6.07 Å². The van der Waals surface area contributed by atoms with Crippen LogP contribution in [0.5, 0.6) is 5.75 Å². The van der Waals surface area contributed by atoms with Crippen molar-refractivity contribution < 1.29 is 9.66 Å². The molecule has 0 saturated heterocycles. The van der Waals surface area contributed by atoms with E-state index in [2.05, 4.69) is 0 Å². The molecule has 0 heterocycles. The Balaban J connectivity index is 3.07. The van der Waals surface area contributed by atoms with Crippen LogP contribution in [0.3, 0.4) is 0 Å². The van der Waals surface area contributed by atoms with Gasteiger partial charge < -0.3 is 10.5 Å². The Kier molecular flexibility index (Phi) is 4.43. The second-order valence-electron chi connectivity index (χ2n) is 3.41. The van der Waals surface area contributed by atoms with Gasteiger partial charge in [-0.25, -0.2) is 0 Å². The lowest BCUT2D eigenvalue weighted by Crippen LogP contribution is -2.13. The van der Waals surface area contributed by atoms with Gasteiger partial charge in [-0.15, -0.1) is 0 Å². The molecule has 6 heteroatoms. The first-order chi connectivity index (χ1) is 8.12. The Morgan fingerprint density at radius 1 is 1.65 bits per heavy atom. The standard InChI is InChI=1S/C11H13N3O3/c1-2-9(7-13)17-11-4-3-8(6-12)5-10(11)14(15)16/h3-5,9H,2,6,12H2,1H3. The fraction of sp³-hybridized carbons (Fsp3) is 0.364. The van der Waals surface area contributed by atoms with Crippen LogP contribution in [0, 0.1) is 21.4 Å². The lowest BCUT2D eigenvalue weighted by Gasteiger charge is -2.10. The van der Waals surface area contributed by atoms with Gasteiger partial charge in [-0.05, 0) is 18.1 Å². The highest BCUT2D eigenvalue weighted by Crippen LogP contribution is 2.29. The third kappa shape index (κ3) is 3.16. The minimum Gasteiger partial charge on any atom is -0.468 e. The molecule has 0 aliphatic heterocycles. The molecule has 0 aliphatic carbocycles. The molecule has 0 amide bonds. The molecule has 1 rings (SSSR count). The van der Waals surface area contributed by atoms with Gasteiger partial charge >= 0.3 is 5.69 Å². The second kappa shape index (κ2) is 5.82. The molecule has 0 spiro atoms. The molecule has 0 radical (unpaired) electrons. The predicted octanol–water partition coefficient (Wildman–Crippen LogP) is 1.73. The van der Waals surface area contributed by atoms with E-state index in [9.17, 15) is 10.1 Å². The molecule has 90 valence electrons. The van der Waals surface area contributed by atoms with Crippen molar-refractivity contribution >= 4 is 5.69 Å². The van der Waals surface area contributed by atoms with E-state index in [1.54, 1.807) is 13.0 Å². The Morgan fingerprint density at radius 3 is 2.82 bits per heavy atom. The average Bonchev–Trinajstić information content (AvgIpc) is 2.35. The first kappa shape index (κ1) is 12.9. The number of nitro groups is 1. The van der Waals surface area contributed by atoms with E-state index in [1.807, 2.05) is 6.07 Å². The van der Waals surface area contributed by atoms with Crippen LogP contribution in [0.1, 0.15) is 18.9 Å². The molecule has 0 aromatic heterocycles. The largest absolute Gasteiger partial charge is 0.468 e. The van der Waals surface area contributed by atoms with Crippen LogP contribution in [0.25, 0.3) is 0 Å². The average molecular weight is 235 g/mol. The van der Waals surface area contributed by atoms with Crippen molar-refractivity contribution in [2.45, 2.75) is 26.0 Å². The SMILES string of the molecule is CCC(C#N)Oc1ccc(CN)cc1[N+](=O)[O-]. The maximum absolute atomic E-state index is 10.8. The third-order valence-corrected chi connectivity index (χ3v) is 2.24. The lowest BCUT2D eigenvalue weighted by molar-refractivity contribution is -0.386. The molecule has 17 heavy (non-hydrogen) atoms. The van der Waals surface area contributed by atoms with Gasteiger partial charge in [0.25, 0.3) is 0 Å². The maximum atomic E-state index is 10.8. The van der Waals surface area contributed by atoms with Crippen LogP contribution >= 0.6 is 0 Å². The molecule has 2 N–H and O–H groups in total. The van der Waals surface area contributed by atoms with E-state index in [4.69, 9.17) is 15.7 Å². The lowest BCUT2D eigenvalue weighted by atomic mass is 10.2. The quantitative estimate of drug-likeness (QED) is 0.618. The first-order valence-corrected chi connectivity index (χ1v) is 5.16. The summed E-state index contributed by atoms with van der Waals surface area (Å²) in [5.41, 5.74) is 5.89. The van der Waals surface area contributed by atoms with Gasteiger partial charge in [0.2, 0.25) is 0 Å². The zero-order valence-corrected chi connectivity index (χ0v) is 9.42. The van der Waals surface area contributed by atoms with Crippen molar-refractivity contribution in [1.29, 1.82) is 5.26 Å². The minimum atomic E-state index is -0.683. The number of hydrogen-bond donors (Lipinski definition) is 1. The normalized spacial score (nSPS) is 11.6. The van der Waals surface area contributed by atoms with Crippen molar-refractivity contribution in [3.63, 3.8) is 0 Å². The van der Waals surface area contributed by atoms with Gasteiger partial charge in [-0.2, -0.15) is 5.26 Å². The summed E-state index contributed by atoms with van der Waals surface area (Å²) in [5, 5.41) is 19.6. The summed E-state index contributed by atoms with van der Waals surface area (Å²) in [5.74, 6) is 0.0978. The third-order valence-electron chi connectivity index (χ3n) is 2.24. The summed E-state index contributed by atoms with van der Waals surface area (Å²) < 4.78 is 5.26. The van der Waals surface area contributed by atoms with Gasteiger partial charge in [-0.1, -0.05) is 13.0 Å². The van der Waals surface area contributed by atoms with Crippen LogP contribution < -0.4 is 10.5 Å². The van der Waals surface area contributed by atoms with E-state index >= 15 is 0 Å². The predicted molar refractivity (Wildman–Crippen MR) is 61.3 cm³/mol.